The molecule has 2 aromatic heterocycles. The van der Waals surface area contributed by atoms with Gasteiger partial charge in [0.25, 0.3) is 5.91 Å². The monoisotopic (exact) mass is 268 g/mol. The fraction of sp³-hybridized carbons (Fsp3) is 0.200. The predicted molar refractivity (Wildman–Crippen MR) is 77.5 cm³/mol. The highest BCUT2D eigenvalue weighted by Crippen LogP contribution is 2.11. The van der Waals surface area contributed by atoms with Crippen molar-refractivity contribution in [2.45, 2.75) is 13.0 Å². The minimum Gasteiger partial charge on any atom is -0.354 e. The zero-order chi connectivity index (χ0) is 13.8. The number of carbonyl (C=O) groups excluding carboxylic acids is 1. The Labute approximate surface area is 116 Å². The first-order valence-electron chi connectivity index (χ1n) is 6.65. The average molecular weight is 268 g/mol. The number of H-pyrrole nitrogens is 1. The number of aryl methyl sites for hydroxylation is 1. The highest BCUT2D eigenvalue weighted by Gasteiger charge is 2.06. The summed E-state index contributed by atoms with van der Waals surface area (Å²) >= 11 is 0. The van der Waals surface area contributed by atoms with E-state index >= 15 is 0 Å². The summed E-state index contributed by atoms with van der Waals surface area (Å²) in [6.07, 6.45) is 6.58. The van der Waals surface area contributed by atoms with Gasteiger partial charge in [-0.05, 0) is 36.8 Å². The van der Waals surface area contributed by atoms with E-state index in [4.69, 9.17) is 0 Å². The van der Waals surface area contributed by atoms with Crippen LogP contribution >= 0.6 is 0 Å². The van der Waals surface area contributed by atoms with Gasteiger partial charge in [0.15, 0.2) is 0 Å². The molecular formula is C15H16N4O. The molecule has 0 atom stereocenters. The molecule has 20 heavy (non-hydrogen) atoms. The van der Waals surface area contributed by atoms with Crippen LogP contribution in [0.1, 0.15) is 16.8 Å². The number of fused-ring (bicyclic) bond motifs is 1. The first-order chi connectivity index (χ1) is 9.83. The molecule has 0 radical (unpaired) electrons. The minimum absolute atomic E-state index is 0.0472. The molecule has 0 saturated heterocycles. The van der Waals surface area contributed by atoms with E-state index in [2.05, 4.69) is 19.9 Å². The van der Waals surface area contributed by atoms with Gasteiger partial charge in [0.1, 0.15) is 0 Å². The Bertz CT molecular complexity index is 700. The van der Waals surface area contributed by atoms with Gasteiger partial charge >= 0.3 is 0 Å². The topological polar surface area (TPSA) is 62.7 Å². The molecule has 5 nitrogen and oxygen atoms in total. The molecule has 3 aromatic rings. The van der Waals surface area contributed by atoms with Gasteiger partial charge in [0.2, 0.25) is 0 Å². The maximum Gasteiger partial charge on any atom is 0.251 e. The molecule has 0 saturated carbocycles. The van der Waals surface area contributed by atoms with Crippen molar-refractivity contribution in [2.24, 2.45) is 0 Å². The van der Waals surface area contributed by atoms with Gasteiger partial charge in [-0.3, -0.25) is 4.79 Å². The number of nitrogens with zero attached hydrogens (tertiary/aromatic N) is 2. The standard InChI is InChI=1S/C15H16N4O/c20-15(16-6-3-9-19-7-1-2-8-19)12-4-5-13-14(10-12)18-11-17-13/h1-2,4-5,7-8,10-11H,3,6,9H2,(H,16,20)(H,17,18). The van der Waals surface area contributed by atoms with Crippen molar-refractivity contribution in [3.05, 3.63) is 54.6 Å². The van der Waals surface area contributed by atoms with Crippen LogP contribution in [0.5, 0.6) is 0 Å². The van der Waals surface area contributed by atoms with E-state index in [0.717, 1.165) is 24.0 Å². The quantitative estimate of drug-likeness (QED) is 0.697. The van der Waals surface area contributed by atoms with Gasteiger partial charge in [0, 0.05) is 31.0 Å². The zero-order valence-corrected chi connectivity index (χ0v) is 11.0. The third-order valence-electron chi connectivity index (χ3n) is 3.23. The highest BCUT2D eigenvalue weighted by atomic mass is 16.1. The molecule has 3 rings (SSSR count). The lowest BCUT2D eigenvalue weighted by molar-refractivity contribution is 0.0953. The van der Waals surface area contributed by atoms with Gasteiger partial charge < -0.3 is 14.9 Å². The lowest BCUT2D eigenvalue weighted by atomic mass is 10.2. The van der Waals surface area contributed by atoms with Crippen LogP contribution in [0.15, 0.2) is 49.1 Å². The molecule has 0 bridgehead atoms. The van der Waals surface area contributed by atoms with Crippen molar-refractivity contribution in [3.63, 3.8) is 0 Å². The molecular weight excluding hydrogens is 252 g/mol. The Morgan fingerprint density at radius 1 is 1.30 bits per heavy atom. The summed E-state index contributed by atoms with van der Waals surface area (Å²) in [5.74, 6) is -0.0472. The summed E-state index contributed by atoms with van der Waals surface area (Å²) in [6, 6.07) is 9.46. The highest BCUT2D eigenvalue weighted by molar-refractivity contribution is 5.97. The Kier molecular flexibility index (Phi) is 3.50. The van der Waals surface area contributed by atoms with Crippen LogP contribution in [-0.4, -0.2) is 27.0 Å². The third kappa shape index (κ3) is 2.71. The lowest BCUT2D eigenvalue weighted by Crippen LogP contribution is -2.25. The number of aromatic nitrogens is 3. The van der Waals surface area contributed by atoms with Crippen molar-refractivity contribution in [1.29, 1.82) is 0 Å². The van der Waals surface area contributed by atoms with Crippen LogP contribution in [-0.2, 0) is 6.54 Å². The largest absolute Gasteiger partial charge is 0.354 e. The molecule has 0 aliphatic carbocycles. The fourth-order valence-corrected chi connectivity index (χ4v) is 2.16. The van der Waals surface area contributed by atoms with E-state index in [1.54, 1.807) is 12.4 Å². The number of aromatic amines is 1. The molecule has 0 fully saturated rings. The van der Waals surface area contributed by atoms with Crippen molar-refractivity contribution < 1.29 is 4.79 Å². The second kappa shape index (κ2) is 5.61. The number of hydrogen-bond acceptors (Lipinski definition) is 2. The van der Waals surface area contributed by atoms with Crippen LogP contribution in [0.3, 0.4) is 0 Å². The normalized spacial score (nSPS) is 10.8. The molecule has 102 valence electrons. The number of nitrogens with one attached hydrogen (secondary N) is 2. The van der Waals surface area contributed by atoms with Crippen molar-refractivity contribution in [1.82, 2.24) is 19.9 Å². The maximum absolute atomic E-state index is 12.0. The Hall–Kier alpha value is -2.56. The van der Waals surface area contributed by atoms with E-state index in [9.17, 15) is 4.79 Å². The van der Waals surface area contributed by atoms with E-state index in [1.165, 1.54) is 0 Å². The van der Waals surface area contributed by atoms with Gasteiger partial charge in [-0.1, -0.05) is 0 Å². The Morgan fingerprint density at radius 2 is 2.15 bits per heavy atom. The number of carbonyl (C=O) groups is 1. The van der Waals surface area contributed by atoms with Crippen molar-refractivity contribution in [3.8, 4) is 0 Å². The summed E-state index contributed by atoms with van der Waals surface area (Å²) in [4.78, 5) is 19.2. The van der Waals surface area contributed by atoms with Gasteiger partial charge in [0.05, 0.1) is 17.4 Å². The smallest absolute Gasteiger partial charge is 0.251 e. The second-order valence-electron chi connectivity index (χ2n) is 4.66. The summed E-state index contributed by atoms with van der Waals surface area (Å²) in [5, 5.41) is 2.93. The molecule has 1 aromatic carbocycles. The number of amides is 1. The summed E-state index contributed by atoms with van der Waals surface area (Å²) in [6.45, 7) is 1.57. The number of imidazole rings is 1. The second-order valence-corrected chi connectivity index (χ2v) is 4.66. The lowest BCUT2D eigenvalue weighted by Gasteiger charge is -2.06. The summed E-state index contributed by atoms with van der Waals surface area (Å²) in [5.41, 5.74) is 2.40. The summed E-state index contributed by atoms with van der Waals surface area (Å²) < 4.78 is 2.10. The molecule has 0 unspecified atom stereocenters. The van der Waals surface area contributed by atoms with Crippen LogP contribution < -0.4 is 5.32 Å². The number of benzene rings is 1. The van der Waals surface area contributed by atoms with E-state index in [-0.39, 0.29) is 5.91 Å². The zero-order valence-electron chi connectivity index (χ0n) is 11.0. The molecule has 0 aliphatic heterocycles. The van der Waals surface area contributed by atoms with Crippen LogP contribution in [0.25, 0.3) is 11.0 Å². The first kappa shape index (κ1) is 12.5. The predicted octanol–water partition coefficient (Wildman–Crippen LogP) is 2.18. The fourth-order valence-electron chi connectivity index (χ4n) is 2.16. The van der Waals surface area contributed by atoms with Crippen molar-refractivity contribution >= 4 is 16.9 Å². The summed E-state index contributed by atoms with van der Waals surface area (Å²) in [7, 11) is 0. The van der Waals surface area contributed by atoms with Gasteiger partial charge in [-0.25, -0.2) is 4.98 Å². The molecule has 1 amide bonds. The van der Waals surface area contributed by atoms with E-state index in [0.29, 0.717) is 12.1 Å². The minimum atomic E-state index is -0.0472. The molecule has 5 heteroatoms. The molecule has 0 spiro atoms. The SMILES string of the molecule is O=C(NCCCn1cccc1)c1ccc2nc[nH]c2c1. The van der Waals surface area contributed by atoms with Gasteiger partial charge in [-0.2, -0.15) is 0 Å². The average Bonchev–Trinajstić information content (AvgIpc) is 3.13. The molecule has 2 heterocycles. The number of hydrogen-bond donors (Lipinski definition) is 2. The van der Waals surface area contributed by atoms with Crippen LogP contribution in [0.2, 0.25) is 0 Å². The van der Waals surface area contributed by atoms with Crippen LogP contribution in [0.4, 0.5) is 0 Å². The maximum atomic E-state index is 12.0. The third-order valence-corrected chi connectivity index (χ3v) is 3.23. The first-order valence-corrected chi connectivity index (χ1v) is 6.65. The van der Waals surface area contributed by atoms with Crippen molar-refractivity contribution in [2.75, 3.05) is 6.54 Å². The number of rotatable bonds is 5. The Balaban J connectivity index is 1.53. The Morgan fingerprint density at radius 3 is 3.00 bits per heavy atom. The molecule has 2 N–H and O–H groups in total. The van der Waals surface area contributed by atoms with E-state index in [1.807, 2.05) is 36.7 Å². The molecule has 0 aliphatic rings. The van der Waals surface area contributed by atoms with Gasteiger partial charge in [-0.15, -0.1) is 0 Å². The van der Waals surface area contributed by atoms with Crippen LogP contribution in [0, 0.1) is 0 Å². The van der Waals surface area contributed by atoms with E-state index < -0.39 is 0 Å².